The number of methoxy groups -OCH3 is 1. The normalized spacial score (nSPS) is 31.4. The molecule has 3 atom stereocenters. The molecule has 0 radical (unpaired) electrons. The highest BCUT2D eigenvalue weighted by Gasteiger charge is 2.25. The number of ether oxygens (including phenoxy) is 3. The second-order valence-electron chi connectivity index (χ2n) is 4.89. The molecule has 0 amide bonds. The Kier molecular flexibility index (Phi) is 7.04. The Balaban J connectivity index is 2.27. The molecule has 0 aromatic carbocycles. The van der Waals surface area contributed by atoms with Gasteiger partial charge in [0.15, 0.2) is 0 Å². The first-order valence-electron chi connectivity index (χ1n) is 6.65. The minimum Gasteiger partial charge on any atom is -0.383 e. The first kappa shape index (κ1) is 14.9. The first-order chi connectivity index (χ1) is 8.15. The number of likely N-dealkylation sites (N-methyl/N-ethyl adjacent to an activating group) is 1. The van der Waals surface area contributed by atoms with Crippen molar-refractivity contribution < 1.29 is 14.2 Å². The smallest absolute Gasteiger partial charge is 0.0646 e. The molecule has 0 aliphatic carbocycles. The van der Waals surface area contributed by atoms with Crippen LogP contribution in [0.1, 0.15) is 33.6 Å². The van der Waals surface area contributed by atoms with Gasteiger partial charge in [-0.15, -0.1) is 0 Å². The molecular weight excluding hydrogens is 218 g/mol. The van der Waals surface area contributed by atoms with E-state index in [9.17, 15) is 0 Å². The summed E-state index contributed by atoms with van der Waals surface area (Å²) in [6.45, 7) is 8.68. The zero-order valence-electron chi connectivity index (χ0n) is 11.6. The van der Waals surface area contributed by atoms with E-state index in [2.05, 4.69) is 26.1 Å². The average molecular weight is 245 g/mol. The lowest BCUT2D eigenvalue weighted by Gasteiger charge is -2.33. The van der Waals surface area contributed by atoms with Gasteiger partial charge in [0, 0.05) is 7.11 Å². The van der Waals surface area contributed by atoms with Crippen molar-refractivity contribution in [2.45, 2.75) is 58.0 Å². The van der Waals surface area contributed by atoms with E-state index in [4.69, 9.17) is 14.2 Å². The van der Waals surface area contributed by atoms with Crippen molar-refractivity contribution in [3.8, 4) is 0 Å². The Morgan fingerprint density at radius 2 is 1.88 bits per heavy atom. The summed E-state index contributed by atoms with van der Waals surface area (Å²) in [6.07, 6.45) is 2.94. The summed E-state index contributed by atoms with van der Waals surface area (Å²) in [7, 11) is 1.73. The summed E-state index contributed by atoms with van der Waals surface area (Å²) in [6, 6.07) is 0.290. The van der Waals surface area contributed by atoms with Crippen LogP contribution in [0, 0.1) is 0 Å². The van der Waals surface area contributed by atoms with Gasteiger partial charge in [-0.1, -0.05) is 6.92 Å². The van der Waals surface area contributed by atoms with E-state index in [0.717, 1.165) is 19.4 Å². The largest absolute Gasteiger partial charge is 0.383 e. The van der Waals surface area contributed by atoms with Crippen LogP contribution >= 0.6 is 0 Å². The van der Waals surface area contributed by atoms with Crippen LogP contribution in [0.3, 0.4) is 0 Å². The number of rotatable bonds is 7. The van der Waals surface area contributed by atoms with Gasteiger partial charge in [0.25, 0.3) is 0 Å². The van der Waals surface area contributed by atoms with Gasteiger partial charge in [-0.05, 0) is 33.2 Å². The molecule has 17 heavy (non-hydrogen) atoms. The third-order valence-electron chi connectivity index (χ3n) is 3.05. The van der Waals surface area contributed by atoms with Gasteiger partial charge in [0.05, 0.1) is 37.6 Å². The first-order valence-corrected chi connectivity index (χ1v) is 6.65. The van der Waals surface area contributed by atoms with E-state index in [1.54, 1.807) is 7.11 Å². The lowest BCUT2D eigenvalue weighted by Crippen LogP contribution is -2.41. The second-order valence-corrected chi connectivity index (χ2v) is 4.89. The lowest BCUT2D eigenvalue weighted by molar-refractivity contribution is -0.106. The molecule has 1 aliphatic heterocycles. The minimum absolute atomic E-state index is 0.290. The molecule has 0 saturated carbocycles. The maximum Gasteiger partial charge on any atom is 0.0646 e. The number of nitrogens with one attached hydrogen (secondary N) is 1. The van der Waals surface area contributed by atoms with E-state index in [1.807, 2.05) is 0 Å². The molecule has 0 aromatic heterocycles. The van der Waals surface area contributed by atoms with Crippen LogP contribution in [0.25, 0.3) is 0 Å². The molecule has 1 saturated heterocycles. The molecule has 0 spiro atoms. The maximum absolute atomic E-state index is 5.97. The average Bonchev–Trinajstić information content (AvgIpc) is 2.25. The Labute approximate surface area is 105 Å². The van der Waals surface area contributed by atoms with Crippen molar-refractivity contribution in [1.29, 1.82) is 0 Å². The SMILES string of the molecule is CCNC(COC)COC1CC(C)OC(C)C1. The highest BCUT2D eigenvalue weighted by Crippen LogP contribution is 2.21. The molecule has 1 N–H and O–H groups in total. The number of hydrogen-bond donors (Lipinski definition) is 1. The van der Waals surface area contributed by atoms with Gasteiger partial charge in [-0.3, -0.25) is 0 Å². The third-order valence-corrected chi connectivity index (χ3v) is 3.05. The molecule has 3 unspecified atom stereocenters. The fourth-order valence-corrected chi connectivity index (χ4v) is 2.39. The molecule has 1 fully saturated rings. The summed E-state index contributed by atoms with van der Waals surface area (Å²) >= 11 is 0. The minimum atomic E-state index is 0.290. The Morgan fingerprint density at radius 3 is 2.41 bits per heavy atom. The van der Waals surface area contributed by atoms with E-state index in [1.165, 1.54) is 0 Å². The molecule has 4 heteroatoms. The predicted molar refractivity (Wildman–Crippen MR) is 68.3 cm³/mol. The summed E-state index contributed by atoms with van der Waals surface area (Å²) in [5.41, 5.74) is 0. The fraction of sp³-hybridized carbons (Fsp3) is 1.00. The van der Waals surface area contributed by atoms with Gasteiger partial charge in [0.1, 0.15) is 0 Å². The summed E-state index contributed by atoms with van der Waals surface area (Å²) in [5.74, 6) is 0. The summed E-state index contributed by atoms with van der Waals surface area (Å²) in [5, 5.41) is 3.36. The summed E-state index contributed by atoms with van der Waals surface area (Å²) < 4.78 is 16.8. The lowest BCUT2D eigenvalue weighted by atomic mass is 10.0. The molecule has 1 rings (SSSR count). The standard InChI is InChI=1S/C13H27NO3/c1-5-14-12(8-15-4)9-16-13-6-10(2)17-11(3)7-13/h10-14H,5-9H2,1-4H3. The quantitative estimate of drug-likeness (QED) is 0.739. The van der Waals surface area contributed by atoms with E-state index in [-0.39, 0.29) is 0 Å². The van der Waals surface area contributed by atoms with Crippen molar-refractivity contribution in [3.05, 3.63) is 0 Å². The monoisotopic (exact) mass is 245 g/mol. The zero-order valence-corrected chi connectivity index (χ0v) is 11.6. The van der Waals surface area contributed by atoms with Crippen molar-refractivity contribution in [2.75, 3.05) is 26.9 Å². The van der Waals surface area contributed by atoms with Gasteiger partial charge < -0.3 is 19.5 Å². The zero-order chi connectivity index (χ0) is 12.7. The molecule has 1 aliphatic rings. The Morgan fingerprint density at radius 1 is 1.24 bits per heavy atom. The van der Waals surface area contributed by atoms with Crippen LogP contribution in [-0.4, -0.2) is 51.2 Å². The maximum atomic E-state index is 5.97. The Bertz CT molecular complexity index is 185. The van der Waals surface area contributed by atoms with Crippen LogP contribution in [0.4, 0.5) is 0 Å². The molecule has 0 aromatic rings. The molecule has 0 bridgehead atoms. The second kappa shape index (κ2) is 8.03. The van der Waals surface area contributed by atoms with Crippen molar-refractivity contribution >= 4 is 0 Å². The van der Waals surface area contributed by atoms with Crippen molar-refractivity contribution in [3.63, 3.8) is 0 Å². The van der Waals surface area contributed by atoms with Crippen molar-refractivity contribution in [2.24, 2.45) is 0 Å². The van der Waals surface area contributed by atoms with Gasteiger partial charge in [0.2, 0.25) is 0 Å². The van der Waals surface area contributed by atoms with Crippen LogP contribution < -0.4 is 5.32 Å². The van der Waals surface area contributed by atoms with E-state index in [0.29, 0.717) is 37.6 Å². The van der Waals surface area contributed by atoms with Gasteiger partial charge >= 0.3 is 0 Å². The van der Waals surface area contributed by atoms with Crippen LogP contribution in [0.2, 0.25) is 0 Å². The Hall–Kier alpha value is -0.160. The van der Waals surface area contributed by atoms with E-state index < -0.39 is 0 Å². The third kappa shape index (κ3) is 5.82. The van der Waals surface area contributed by atoms with Gasteiger partial charge in [-0.2, -0.15) is 0 Å². The van der Waals surface area contributed by atoms with E-state index >= 15 is 0 Å². The molecule has 102 valence electrons. The van der Waals surface area contributed by atoms with Crippen molar-refractivity contribution in [1.82, 2.24) is 5.32 Å². The molecular formula is C13H27NO3. The highest BCUT2D eigenvalue weighted by atomic mass is 16.5. The van der Waals surface area contributed by atoms with Crippen LogP contribution in [-0.2, 0) is 14.2 Å². The molecule has 1 heterocycles. The topological polar surface area (TPSA) is 39.7 Å². The predicted octanol–water partition coefficient (Wildman–Crippen LogP) is 1.58. The van der Waals surface area contributed by atoms with Crippen LogP contribution in [0.15, 0.2) is 0 Å². The van der Waals surface area contributed by atoms with Gasteiger partial charge in [-0.25, -0.2) is 0 Å². The molecule has 4 nitrogen and oxygen atoms in total. The number of hydrogen-bond acceptors (Lipinski definition) is 4. The highest BCUT2D eigenvalue weighted by molar-refractivity contribution is 4.75. The fourth-order valence-electron chi connectivity index (χ4n) is 2.39. The summed E-state index contributed by atoms with van der Waals surface area (Å²) in [4.78, 5) is 0. The van der Waals surface area contributed by atoms with Crippen LogP contribution in [0.5, 0.6) is 0 Å².